The zero-order chi connectivity index (χ0) is 8.43. The first-order chi connectivity index (χ1) is 5.11. The van der Waals surface area contributed by atoms with E-state index >= 15 is 0 Å². The summed E-state index contributed by atoms with van der Waals surface area (Å²) in [7, 11) is 0. The van der Waals surface area contributed by atoms with E-state index < -0.39 is 6.04 Å². The lowest BCUT2D eigenvalue weighted by Crippen LogP contribution is -2.33. The number of halogens is 1. The molecular weight excluding hydrogens is 166 g/mol. The van der Waals surface area contributed by atoms with Crippen LogP contribution >= 0.6 is 11.6 Å². The molecule has 0 radical (unpaired) electrons. The number of alkyl halides is 1. The molecule has 0 aromatic rings. The molecule has 0 bridgehead atoms. The lowest BCUT2D eigenvalue weighted by Gasteiger charge is -2.21. The van der Waals surface area contributed by atoms with Crippen LogP contribution in [0.1, 0.15) is 19.3 Å². The maximum atomic E-state index is 10.4. The van der Waals surface area contributed by atoms with Gasteiger partial charge in [0.25, 0.3) is 0 Å². The van der Waals surface area contributed by atoms with E-state index in [0.717, 1.165) is 12.0 Å². The van der Waals surface area contributed by atoms with Crippen LogP contribution in [-0.4, -0.2) is 16.3 Å². The summed E-state index contributed by atoms with van der Waals surface area (Å²) < 4.78 is 0. The van der Waals surface area contributed by atoms with Crippen LogP contribution in [0.15, 0.2) is 12.2 Å². The first kappa shape index (κ1) is 8.53. The van der Waals surface area contributed by atoms with Gasteiger partial charge in [-0.15, -0.1) is 11.6 Å². The molecule has 0 N–H and O–H groups in total. The van der Waals surface area contributed by atoms with Gasteiger partial charge in [0.15, 0.2) is 0 Å². The molecular formula is C7H10ClNO2. The lowest BCUT2D eigenvalue weighted by atomic mass is 9.92. The summed E-state index contributed by atoms with van der Waals surface area (Å²) in [4.78, 5) is 10.1. The van der Waals surface area contributed by atoms with Gasteiger partial charge in [-0.3, -0.25) is 10.1 Å². The molecule has 1 aliphatic carbocycles. The molecule has 0 aromatic carbocycles. The SMILES string of the molecule is C=C1CCC(Cl)C([N+](=O)[O-])C1. The van der Waals surface area contributed by atoms with E-state index in [2.05, 4.69) is 6.58 Å². The second-order valence-electron chi connectivity index (χ2n) is 2.86. The maximum absolute atomic E-state index is 10.4. The molecule has 2 unspecified atom stereocenters. The molecule has 1 saturated carbocycles. The van der Waals surface area contributed by atoms with Crippen molar-refractivity contribution < 1.29 is 4.92 Å². The fourth-order valence-electron chi connectivity index (χ4n) is 1.27. The molecule has 0 heterocycles. The number of rotatable bonds is 1. The summed E-state index contributed by atoms with van der Waals surface area (Å²) in [6, 6.07) is -0.613. The molecule has 3 nitrogen and oxygen atoms in total. The third-order valence-corrected chi connectivity index (χ3v) is 2.47. The van der Waals surface area contributed by atoms with Crippen molar-refractivity contribution in [3.63, 3.8) is 0 Å². The Morgan fingerprint density at radius 1 is 1.73 bits per heavy atom. The molecule has 1 fully saturated rings. The minimum atomic E-state index is -0.613. The molecule has 1 aliphatic rings. The number of nitrogens with zero attached hydrogens (tertiary/aromatic N) is 1. The molecule has 0 amide bonds. The summed E-state index contributed by atoms with van der Waals surface area (Å²) >= 11 is 5.76. The minimum absolute atomic E-state index is 0.304. The van der Waals surface area contributed by atoms with E-state index in [9.17, 15) is 10.1 Å². The fourth-order valence-corrected chi connectivity index (χ4v) is 1.56. The fraction of sp³-hybridized carbons (Fsp3) is 0.714. The summed E-state index contributed by atoms with van der Waals surface area (Å²) in [6.45, 7) is 3.72. The quantitative estimate of drug-likeness (QED) is 0.265. The third-order valence-electron chi connectivity index (χ3n) is 1.96. The zero-order valence-corrected chi connectivity index (χ0v) is 6.88. The largest absolute Gasteiger partial charge is 0.264 e. The molecule has 0 saturated heterocycles. The monoisotopic (exact) mass is 175 g/mol. The van der Waals surface area contributed by atoms with Crippen LogP contribution in [0.25, 0.3) is 0 Å². The molecule has 0 spiro atoms. The Morgan fingerprint density at radius 3 is 2.82 bits per heavy atom. The van der Waals surface area contributed by atoms with Crippen molar-refractivity contribution in [1.29, 1.82) is 0 Å². The Bertz CT molecular complexity index is 193. The first-order valence-electron chi connectivity index (χ1n) is 3.55. The molecule has 4 heteroatoms. The normalized spacial score (nSPS) is 31.9. The second kappa shape index (κ2) is 3.22. The third kappa shape index (κ3) is 1.93. The van der Waals surface area contributed by atoms with Gasteiger partial charge in [-0.05, 0) is 12.8 Å². The highest BCUT2D eigenvalue weighted by Crippen LogP contribution is 2.27. The van der Waals surface area contributed by atoms with Crippen LogP contribution in [0.4, 0.5) is 0 Å². The summed E-state index contributed by atoms with van der Waals surface area (Å²) in [6.07, 6.45) is 1.96. The van der Waals surface area contributed by atoms with Crippen molar-refractivity contribution in [2.75, 3.05) is 0 Å². The number of nitro groups is 1. The van der Waals surface area contributed by atoms with Crippen LogP contribution in [-0.2, 0) is 0 Å². The molecule has 0 aromatic heterocycles. The Kier molecular flexibility index (Phi) is 2.49. The molecule has 0 aliphatic heterocycles. The molecule has 1 rings (SSSR count). The maximum Gasteiger partial charge on any atom is 0.232 e. The van der Waals surface area contributed by atoms with Crippen molar-refractivity contribution in [2.45, 2.75) is 30.7 Å². The van der Waals surface area contributed by atoms with Crippen molar-refractivity contribution in [3.8, 4) is 0 Å². The van der Waals surface area contributed by atoms with E-state index in [1.54, 1.807) is 0 Å². The summed E-state index contributed by atoms with van der Waals surface area (Å²) in [5, 5.41) is 10.1. The van der Waals surface area contributed by atoms with E-state index in [-0.39, 0.29) is 10.3 Å². The standard InChI is InChI=1S/C7H10ClNO2/c1-5-2-3-6(8)7(4-5)9(10)11/h6-7H,1-4H2. The van der Waals surface area contributed by atoms with E-state index in [1.807, 2.05) is 0 Å². The Morgan fingerprint density at radius 2 is 2.36 bits per heavy atom. The highest BCUT2D eigenvalue weighted by Gasteiger charge is 2.33. The number of hydrogen-bond acceptors (Lipinski definition) is 2. The minimum Gasteiger partial charge on any atom is -0.264 e. The zero-order valence-electron chi connectivity index (χ0n) is 6.12. The average Bonchev–Trinajstić information content (AvgIpc) is 1.94. The van der Waals surface area contributed by atoms with Gasteiger partial charge in [0.2, 0.25) is 6.04 Å². The van der Waals surface area contributed by atoms with Crippen molar-refractivity contribution in [1.82, 2.24) is 0 Å². The Labute approximate surface area is 70.2 Å². The van der Waals surface area contributed by atoms with Crippen LogP contribution in [0.5, 0.6) is 0 Å². The van der Waals surface area contributed by atoms with Gasteiger partial charge in [0.1, 0.15) is 5.38 Å². The van der Waals surface area contributed by atoms with Crippen molar-refractivity contribution in [2.24, 2.45) is 0 Å². The highest BCUT2D eigenvalue weighted by molar-refractivity contribution is 6.21. The lowest BCUT2D eigenvalue weighted by molar-refractivity contribution is -0.523. The van der Waals surface area contributed by atoms with E-state index in [1.165, 1.54) is 0 Å². The predicted octanol–water partition coefficient (Wildman–Crippen LogP) is 1.98. The molecule has 62 valence electrons. The Balaban J connectivity index is 2.61. The van der Waals surface area contributed by atoms with Crippen molar-refractivity contribution in [3.05, 3.63) is 22.3 Å². The van der Waals surface area contributed by atoms with E-state index in [4.69, 9.17) is 11.6 Å². The molecule has 2 atom stereocenters. The van der Waals surface area contributed by atoms with Crippen molar-refractivity contribution >= 4 is 11.6 Å². The number of hydrogen-bond donors (Lipinski definition) is 0. The van der Waals surface area contributed by atoms with Gasteiger partial charge in [-0.2, -0.15) is 0 Å². The van der Waals surface area contributed by atoms with Crippen LogP contribution in [0, 0.1) is 10.1 Å². The van der Waals surface area contributed by atoms with Crippen LogP contribution < -0.4 is 0 Å². The smallest absolute Gasteiger partial charge is 0.232 e. The van der Waals surface area contributed by atoms with Crippen LogP contribution in [0.3, 0.4) is 0 Å². The topological polar surface area (TPSA) is 43.1 Å². The van der Waals surface area contributed by atoms with Gasteiger partial charge < -0.3 is 0 Å². The summed E-state index contributed by atoms with van der Waals surface area (Å²) in [5.74, 6) is 0. The molecule has 11 heavy (non-hydrogen) atoms. The second-order valence-corrected chi connectivity index (χ2v) is 3.42. The predicted molar refractivity (Wildman–Crippen MR) is 43.4 cm³/mol. The first-order valence-corrected chi connectivity index (χ1v) is 3.99. The summed E-state index contributed by atoms with van der Waals surface area (Å²) in [5.41, 5.74) is 0.948. The van der Waals surface area contributed by atoms with E-state index in [0.29, 0.717) is 12.8 Å². The average molecular weight is 176 g/mol. The van der Waals surface area contributed by atoms with Gasteiger partial charge >= 0.3 is 0 Å². The van der Waals surface area contributed by atoms with Gasteiger partial charge in [0.05, 0.1) is 0 Å². The van der Waals surface area contributed by atoms with Crippen LogP contribution in [0.2, 0.25) is 0 Å². The van der Waals surface area contributed by atoms with Gasteiger partial charge in [-0.1, -0.05) is 12.2 Å². The van der Waals surface area contributed by atoms with Gasteiger partial charge in [-0.25, -0.2) is 0 Å². The van der Waals surface area contributed by atoms with Gasteiger partial charge in [0, 0.05) is 11.3 Å². The Hall–Kier alpha value is -0.570. The highest BCUT2D eigenvalue weighted by atomic mass is 35.5.